The second kappa shape index (κ2) is 4.91. The van der Waals surface area contributed by atoms with Gasteiger partial charge in [0, 0.05) is 38.7 Å². The van der Waals surface area contributed by atoms with Gasteiger partial charge in [0.25, 0.3) is 0 Å². The monoisotopic (exact) mass is 269 g/mol. The minimum Gasteiger partial charge on any atom is -0.334 e. The Morgan fingerprint density at radius 2 is 2.22 bits per heavy atom. The molecular weight excluding hydrogens is 254 g/mol. The first-order valence-electron chi connectivity index (χ1n) is 5.45. The molecule has 0 bridgehead atoms. The Labute approximate surface area is 106 Å². The topological polar surface area (TPSA) is 81.8 Å². The van der Waals surface area contributed by atoms with Crippen LogP contribution in [0.2, 0.25) is 0 Å². The summed E-state index contributed by atoms with van der Waals surface area (Å²) in [5.74, 6) is 0.857. The number of imidazole rings is 1. The summed E-state index contributed by atoms with van der Waals surface area (Å²) in [4.78, 5) is 4.24. The molecule has 0 atom stereocenters. The molecule has 8 heteroatoms. The van der Waals surface area contributed by atoms with E-state index < -0.39 is 10.0 Å². The maximum atomic E-state index is 11.9. The van der Waals surface area contributed by atoms with Crippen molar-refractivity contribution in [1.82, 2.24) is 24.1 Å². The van der Waals surface area contributed by atoms with Gasteiger partial charge in [-0.15, -0.1) is 0 Å². The molecule has 1 N–H and O–H groups in total. The van der Waals surface area contributed by atoms with E-state index in [4.69, 9.17) is 0 Å². The lowest BCUT2D eigenvalue weighted by molar-refractivity contribution is 0.570. The van der Waals surface area contributed by atoms with E-state index >= 15 is 0 Å². The standard InChI is InChI=1S/C10H15N5O2S/c1-9-11-3-5-15(9)6-4-13-18(16,17)10-7-12-14(2)8-10/h3,5,7-8,13H,4,6H2,1-2H3. The molecule has 0 radical (unpaired) electrons. The Bertz CT molecular complexity index is 628. The highest BCUT2D eigenvalue weighted by molar-refractivity contribution is 7.89. The van der Waals surface area contributed by atoms with Crippen LogP contribution in [-0.4, -0.2) is 34.3 Å². The van der Waals surface area contributed by atoms with Crippen molar-refractivity contribution in [2.75, 3.05) is 6.54 Å². The van der Waals surface area contributed by atoms with E-state index in [1.54, 1.807) is 13.2 Å². The van der Waals surface area contributed by atoms with Gasteiger partial charge in [0.2, 0.25) is 10.0 Å². The molecule has 0 spiro atoms. The predicted molar refractivity (Wildman–Crippen MR) is 65.4 cm³/mol. The van der Waals surface area contributed by atoms with Crippen molar-refractivity contribution in [2.45, 2.75) is 18.4 Å². The lowest BCUT2D eigenvalue weighted by Gasteiger charge is -2.06. The van der Waals surface area contributed by atoms with Gasteiger partial charge < -0.3 is 4.57 Å². The van der Waals surface area contributed by atoms with Crippen LogP contribution in [0.1, 0.15) is 5.82 Å². The molecule has 0 amide bonds. The van der Waals surface area contributed by atoms with Crippen molar-refractivity contribution in [1.29, 1.82) is 0 Å². The predicted octanol–water partition coefficient (Wildman–Crippen LogP) is -0.0965. The van der Waals surface area contributed by atoms with E-state index in [1.807, 2.05) is 17.7 Å². The maximum absolute atomic E-state index is 11.9. The van der Waals surface area contributed by atoms with E-state index in [0.717, 1.165) is 5.82 Å². The third kappa shape index (κ3) is 2.77. The number of nitrogens with zero attached hydrogens (tertiary/aromatic N) is 4. The normalized spacial score (nSPS) is 11.9. The highest BCUT2D eigenvalue weighted by Gasteiger charge is 2.15. The van der Waals surface area contributed by atoms with Crippen molar-refractivity contribution in [3.05, 3.63) is 30.6 Å². The van der Waals surface area contributed by atoms with Crippen LogP contribution < -0.4 is 4.72 Å². The van der Waals surface area contributed by atoms with Crippen molar-refractivity contribution >= 4 is 10.0 Å². The Morgan fingerprint density at radius 1 is 1.44 bits per heavy atom. The molecule has 0 aliphatic carbocycles. The van der Waals surface area contributed by atoms with Gasteiger partial charge in [-0.2, -0.15) is 5.10 Å². The van der Waals surface area contributed by atoms with Crippen LogP contribution in [-0.2, 0) is 23.6 Å². The van der Waals surface area contributed by atoms with Gasteiger partial charge in [0.05, 0.1) is 6.20 Å². The number of hydrogen-bond donors (Lipinski definition) is 1. The van der Waals surface area contributed by atoms with E-state index in [9.17, 15) is 8.42 Å². The molecule has 0 aliphatic heterocycles. The Kier molecular flexibility index (Phi) is 3.48. The number of rotatable bonds is 5. The summed E-state index contributed by atoms with van der Waals surface area (Å²) < 4.78 is 29.6. The van der Waals surface area contributed by atoms with Gasteiger partial charge in [-0.3, -0.25) is 4.68 Å². The molecule has 7 nitrogen and oxygen atoms in total. The summed E-state index contributed by atoms with van der Waals surface area (Å²) in [5.41, 5.74) is 0. The first-order valence-corrected chi connectivity index (χ1v) is 6.93. The number of aryl methyl sites for hydroxylation is 2. The minimum absolute atomic E-state index is 0.173. The molecule has 2 rings (SSSR count). The van der Waals surface area contributed by atoms with E-state index in [2.05, 4.69) is 14.8 Å². The van der Waals surface area contributed by atoms with Crippen molar-refractivity contribution in [3.63, 3.8) is 0 Å². The van der Waals surface area contributed by atoms with Gasteiger partial charge >= 0.3 is 0 Å². The fourth-order valence-electron chi connectivity index (χ4n) is 1.56. The number of sulfonamides is 1. The lowest BCUT2D eigenvalue weighted by atomic mass is 10.6. The van der Waals surface area contributed by atoms with E-state index in [-0.39, 0.29) is 4.90 Å². The summed E-state index contributed by atoms with van der Waals surface area (Å²) in [7, 11) is -1.80. The quantitative estimate of drug-likeness (QED) is 0.822. The molecular formula is C10H15N5O2S. The van der Waals surface area contributed by atoms with Crippen LogP contribution in [0.4, 0.5) is 0 Å². The fraction of sp³-hybridized carbons (Fsp3) is 0.400. The average molecular weight is 269 g/mol. The van der Waals surface area contributed by atoms with E-state index in [1.165, 1.54) is 17.1 Å². The molecule has 0 saturated carbocycles. The largest absolute Gasteiger partial charge is 0.334 e. The van der Waals surface area contributed by atoms with Crippen LogP contribution in [0.3, 0.4) is 0 Å². The second-order valence-electron chi connectivity index (χ2n) is 3.92. The van der Waals surface area contributed by atoms with Crippen molar-refractivity contribution in [3.8, 4) is 0 Å². The number of hydrogen-bond acceptors (Lipinski definition) is 4. The molecule has 0 unspecified atom stereocenters. The first-order chi connectivity index (χ1) is 8.49. The zero-order chi connectivity index (χ0) is 13.2. The molecule has 2 aromatic rings. The third-order valence-corrected chi connectivity index (χ3v) is 3.98. The zero-order valence-corrected chi connectivity index (χ0v) is 11.1. The van der Waals surface area contributed by atoms with Crippen LogP contribution in [0.25, 0.3) is 0 Å². The SMILES string of the molecule is Cc1nccn1CCNS(=O)(=O)c1cnn(C)c1. The van der Waals surface area contributed by atoms with E-state index in [0.29, 0.717) is 13.1 Å². The molecule has 0 aromatic carbocycles. The molecule has 2 heterocycles. The van der Waals surface area contributed by atoms with Gasteiger partial charge in [0.15, 0.2) is 0 Å². The Morgan fingerprint density at radius 3 is 2.78 bits per heavy atom. The van der Waals surface area contributed by atoms with Crippen LogP contribution in [0.5, 0.6) is 0 Å². The Balaban J connectivity index is 1.96. The van der Waals surface area contributed by atoms with Gasteiger partial charge in [-0.05, 0) is 6.92 Å². The number of aromatic nitrogens is 4. The second-order valence-corrected chi connectivity index (χ2v) is 5.68. The fourth-order valence-corrected chi connectivity index (χ4v) is 2.57. The molecule has 98 valence electrons. The van der Waals surface area contributed by atoms with Crippen LogP contribution in [0.15, 0.2) is 29.7 Å². The van der Waals surface area contributed by atoms with Gasteiger partial charge in [-0.25, -0.2) is 18.1 Å². The van der Waals surface area contributed by atoms with Crippen LogP contribution >= 0.6 is 0 Å². The molecule has 0 aliphatic rings. The summed E-state index contributed by atoms with van der Waals surface area (Å²) in [6, 6.07) is 0. The molecule has 0 saturated heterocycles. The molecule has 2 aromatic heterocycles. The zero-order valence-electron chi connectivity index (χ0n) is 10.2. The van der Waals surface area contributed by atoms with Gasteiger partial charge in [0.1, 0.15) is 10.7 Å². The highest BCUT2D eigenvalue weighted by atomic mass is 32.2. The molecule has 18 heavy (non-hydrogen) atoms. The summed E-state index contributed by atoms with van der Waals surface area (Å²) in [6.07, 6.45) is 6.29. The van der Waals surface area contributed by atoms with Crippen LogP contribution in [0, 0.1) is 6.92 Å². The number of nitrogens with one attached hydrogen (secondary N) is 1. The van der Waals surface area contributed by atoms with Crippen molar-refractivity contribution < 1.29 is 8.42 Å². The minimum atomic E-state index is -3.47. The highest BCUT2D eigenvalue weighted by Crippen LogP contribution is 2.05. The first kappa shape index (κ1) is 12.8. The summed E-state index contributed by atoms with van der Waals surface area (Å²) in [6.45, 7) is 2.73. The van der Waals surface area contributed by atoms with Gasteiger partial charge in [-0.1, -0.05) is 0 Å². The lowest BCUT2D eigenvalue weighted by Crippen LogP contribution is -2.27. The average Bonchev–Trinajstić information content (AvgIpc) is 2.89. The third-order valence-electron chi connectivity index (χ3n) is 2.56. The smallest absolute Gasteiger partial charge is 0.243 e. The Hall–Kier alpha value is -1.67. The maximum Gasteiger partial charge on any atom is 0.243 e. The van der Waals surface area contributed by atoms with Crippen molar-refractivity contribution in [2.24, 2.45) is 7.05 Å². The summed E-state index contributed by atoms with van der Waals surface area (Å²) in [5, 5.41) is 3.84. The summed E-state index contributed by atoms with van der Waals surface area (Å²) >= 11 is 0. The molecule has 0 fully saturated rings.